The quantitative estimate of drug-likeness (QED) is 0.707. The first-order chi connectivity index (χ1) is 10.6. The fraction of sp³-hybridized carbons (Fsp3) is 0.800. The van der Waals surface area contributed by atoms with E-state index >= 15 is 0 Å². The number of hydrogen-bond acceptors (Lipinski definition) is 3. The second-order valence-electron chi connectivity index (χ2n) is 6.14. The summed E-state index contributed by atoms with van der Waals surface area (Å²) in [7, 11) is 0. The molecule has 3 N–H and O–H groups in total. The lowest BCUT2D eigenvalue weighted by Crippen LogP contribution is -2.48. The van der Waals surface area contributed by atoms with E-state index in [2.05, 4.69) is 10.6 Å². The number of nitrogens with one attached hydrogen (secondary N) is 2. The van der Waals surface area contributed by atoms with E-state index in [1.807, 2.05) is 0 Å². The number of urea groups is 1. The van der Waals surface area contributed by atoms with Crippen molar-refractivity contribution in [2.45, 2.75) is 63.5 Å². The highest BCUT2D eigenvalue weighted by Gasteiger charge is 2.30. The van der Waals surface area contributed by atoms with Crippen LogP contribution in [0.5, 0.6) is 0 Å². The summed E-state index contributed by atoms with van der Waals surface area (Å²) in [6, 6.07) is -0.349. The summed E-state index contributed by atoms with van der Waals surface area (Å²) in [5, 5.41) is 14.3. The molecular formula is C15H25N3O4. The molecule has 2 aliphatic rings. The van der Waals surface area contributed by atoms with E-state index in [0.29, 0.717) is 13.0 Å². The van der Waals surface area contributed by atoms with E-state index in [-0.39, 0.29) is 37.0 Å². The van der Waals surface area contributed by atoms with Gasteiger partial charge in [0.2, 0.25) is 5.91 Å². The topological polar surface area (TPSA) is 98.7 Å². The van der Waals surface area contributed by atoms with Crippen LogP contribution in [0, 0.1) is 0 Å². The van der Waals surface area contributed by atoms with Crippen LogP contribution in [-0.2, 0) is 9.59 Å². The van der Waals surface area contributed by atoms with Gasteiger partial charge in [-0.15, -0.1) is 0 Å². The number of carboxylic acid groups (broad SMARTS) is 1. The predicted molar refractivity (Wildman–Crippen MR) is 80.4 cm³/mol. The van der Waals surface area contributed by atoms with Crippen molar-refractivity contribution < 1.29 is 19.5 Å². The van der Waals surface area contributed by atoms with Crippen molar-refractivity contribution in [3.05, 3.63) is 0 Å². The molecule has 22 heavy (non-hydrogen) atoms. The van der Waals surface area contributed by atoms with Crippen molar-refractivity contribution >= 4 is 17.9 Å². The molecule has 1 aliphatic carbocycles. The molecule has 0 aromatic carbocycles. The van der Waals surface area contributed by atoms with Crippen LogP contribution in [0.1, 0.15) is 51.4 Å². The zero-order valence-electron chi connectivity index (χ0n) is 12.8. The number of hydrogen-bond donors (Lipinski definition) is 3. The molecule has 1 saturated carbocycles. The predicted octanol–water partition coefficient (Wildman–Crippen LogP) is 1.08. The standard InChI is InChI=1S/C15H25N3O4/c19-13(18-8-4-7-12(18)9-14(20)21)10-16-15(22)17-11-5-2-1-3-6-11/h11-12H,1-10H2,(H,20,21)(H2,16,17,22). The Morgan fingerprint density at radius 1 is 1.05 bits per heavy atom. The van der Waals surface area contributed by atoms with Crippen molar-refractivity contribution in [2.24, 2.45) is 0 Å². The van der Waals surface area contributed by atoms with Gasteiger partial charge in [-0.2, -0.15) is 0 Å². The van der Waals surface area contributed by atoms with Crippen LogP contribution in [0.3, 0.4) is 0 Å². The van der Waals surface area contributed by atoms with Gasteiger partial charge < -0.3 is 20.6 Å². The van der Waals surface area contributed by atoms with Crippen LogP contribution >= 0.6 is 0 Å². The summed E-state index contributed by atoms with van der Waals surface area (Å²) in [6.07, 6.45) is 6.98. The van der Waals surface area contributed by atoms with Gasteiger partial charge >= 0.3 is 12.0 Å². The van der Waals surface area contributed by atoms with E-state index in [9.17, 15) is 14.4 Å². The maximum absolute atomic E-state index is 12.1. The third kappa shape index (κ3) is 4.89. The average molecular weight is 311 g/mol. The molecule has 2 rings (SSSR count). The molecule has 1 saturated heterocycles. The molecule has 2 fully saturated rings. The Balaban J connectivity index is 1.72. The van der Waals surface area contributed by atoms with Crippen LogP contribution in [0.25, 0.3) is 0 Å². The van der Waals surface area contributed by atoms with Gasteiger partial charge in [0.1, 0.15) is 0 Å². The minimum Gasteiger partial charge on any atom is -0.481 e. The summed E-state index contributed by atoms with van der Waals surface area (Å²) in [5.41, 5.74) is 0. The summed E-state index contributed by atoms with van der Waals surface area (Å²) in [5.74, 6) is -1.10. The first-order valence-electron chi connectivity index (χ1n) is 8.12. The number of aliphatic carboxylic acids is 1. The van der Waals surface area contributed by atoms with Crippen molar-refractivity contribution in [1.82, 2.24) is 15.5 Å². The highest BCUT2D eigenvalue weighted by molar-refractivity contribution is 5.84. The van der Waals surface area contributed by atoms with Crippen LogP contribution < -0.4 is 10.6 Å². The van der Waals surface area contributed by atoms with Gasteiger partial charge in [0, 0.05) is 18.6 Å². The largest absolute Gasteiger partial charge is 0.481 e. The number of carbonyl (C=O) groups excluding carboxylic acids is 2. The molecule has 1 unspecified atom stereocenters. The fourth-order valence-electron chi connectivity index (χ4n) is 3.32. The van der Waals surface area contributed by atoms with E-state index < -0.39 is 5.97 Å². The average Bonchev–Trinajstić information content (AvgIpc) is 2.93. The molecule has 7 heteroatoms. The van der Waals surface area contributed by atoms with Crippen molar-refractivity contribution in [1.29, 1.82) is 0 Å². The first kappa shape index (κ1) is 16.6. The Kier molecular flexibility index (Phi) is 6.03. The van der Waals surface area contributed by atoms with Gasteiger partial charge in [-0.1, -0.05) is 19.3 Å². The van der Waals surface area contributed by atoms with E-state index in [1.165, 1.54) is 6.42 Å². The van der Waals surface area contributed by atoms with Crippen molar-refractivity contribution in [2.75, 3.05) is 13.1 Å². The second-order valence-corrected chi connectivity index (χ2v) is 6.14. The van der Waals surface area contributed by atoms with Crippen LogP contribution in [-0.4, -0.2) is 53.1 Å². The highest BCUT2D eigenvalue weighted by Crippen LogP contribution is 2.20. The van der Waals surface area contributed by atoms with Crippen molar-refractivity contribution in [3.8, 4) is 0 Å². The summed E-state index contributed by atoms with van der Waals surface area (Å²) < 4.78 is 0. The number of carbonyl (C=O) groups is 3. The van der Waals surface area contributed by atoms with Gasteiger partial charge in [-0.25, -0.2) is 4.79 Å². The monoisotopic (exact) mass is 311 g/mol. The van der Waals surface area contributed by atoms with Gasteiger partial charge in [0.15, 0.2) is 0 Å². The van der Waals surface area contributed by atoms with Gasteiger partial charge in [-0.3, -0.25) is 9.59 Å². The lowest BCUT2D eigenvalue weighted by atomic mass is 9.96. The molecule has 0 aromatic rings. The molecule has 0 aromatic heterocycles. The minimum absolute atomic E-state index is 0.0278. The number of likely N-dealkylation sites (tertiary alicyclic amines) is 1. The van der Waals surface area contributed by atoms with E-state index in [4.69, 9.17) is 5.11 Å². The van der Waals surface area contributed by atoms with Crippen LogP contribution in [0.2, 0.25) is 0 Å². The molecule has 1 aliphatic heterocycles. The highest BCUT2D eigenvalue weighted by atomic mass is 16.4. The van der Waals surface area contributed by atoms with Crippen LogP contribution in [0.4, 0.5) is 4.79 Å². The summed E-state index contributed by atoms with van der Waals surface area (Å²) in [6.45, 7) is 0.497. The maximum Gasteiger partial charge on any atom is 0.315 e. The molecule has 0 radical (unpaired) electrons. The fourth-order valence-corrected chi connectivity index (χ4v) is 3.32. The number of amides is 3. The molecular weight excluding hydrogens is 286 g/mol. The number of carboxylic acids is 1. The zero-order valence-corrected chi connectivity index (χ0v) is 12.8. The molecule has 0 spiro atoms. The Hall–Kier alpha value is -1.79. The van der Waals surface area contributed by atoms with Gasteiger partial charge in [0.05, 0.1) is 13.0 Å². The maximum atomic E-state index is 12.1. The number of nitrogens with zero attached hydrogens (tertiary/aromatic N) is 1. The zero-order chi connectivity index (χ0) is 15.9. The SMILES string of the molecule is O=C(O)CC1CCCN1C(=O)CNC(=O)NC1CCCCC1. The molecule has 0 bridgehead atoms. The molecule has 1 atom stereocenters. The number of rotatable bonds is 5. The summed E-state index contributed by atoms with van der Waals surface area (Å²) in [4.78, 5) is 36.3. The normalized spacial score (nSPS) is 22.4. The minimum atomic E-state index is -0.896. The van der Waals surface area contributed by atoms with Gasteiger partial charge in [0.25, 0.3) is 0 Å². The Morgan fingerprint density at radius 2 is 1.77 bits per heavy atom. The van der Waals surface area contributed by atoms with Gasteiger partial charge in [-0.05, 0) is 25.7 Å². The van der Waals surface area contributed by atoms with Crippen LogP contribution in [0.15, 0.2) is 0 Å². The van der Waals surface area contributed by atoms with Crippen molar-refractivity contribution in [3.63, 3.8) is 0 Å². The molecule has 3 amide bonds. The molecule has 124 valence electrons. The van der Waals surface area contributed by atoms with E-state index in [0.717, 1.165) is 32.1 Å². The van der Waals surface area contributed by atoms with E-state index in [1.54, 1.807) is 4.90 Å². The smallest absolute Gasteiger partial charge is 0.315 e. The molecule has 7 nitrogen and oxygen atoms in total. The Labute approximate surface area is 130 Å². The third-order valence-corrected chi connectivity index (χ3v) is 4.45. The lowest BCUT2D eigenvalue weighted by molar-refractivity contribution is -0.139. The molecule has 1 heterocycles. The third-order valence-electron chi connectivity index (χ3n) is 4.45. The Bertz CT molecular complexity index is 421. The second kappa shape index (κ2) is 8.00. The first-order valence-corrected chi connectivity index (χ1v) is 8.12. The Morgan fingerprint density at radius 3 is 2.45 bits per heavy atom. The lowest BCUT2D eigenvalue weighted by Gasteiger charge is -2.25. The summed E-state index contributed by atoms with van der Waals surface area (Å²) >= 11 is 0.